The molecule has 0 saturated carbocycles. The number of hydrogen-bond acceptors (Lipinski definition) is 6. The number of nitrogen functional groups attached to an aromatic ring is 1. The number of nitrogens with two attached hydrogens (primary N) is 1. The summed E-state index contributed by atoms with van der Waals surface area (Å²) in [7, 11) is 1.59. The Hall–Kier alpha value is -3.58. The predicted molar refractivity (Wildman–Crippen MR) is 79.3 cm³/mol. The molecule has 22 heavy (non-hydrogen) atoms. The number of fused-ring (bicyclic) bond motifs is 1. The van der Waals surface area contributed by atoms with Crippen molar-refractivity contribution in [1.82, 2.24) is 14.5 Å². The van der Waals surface area contributed by atoms with E-state index in [4.69, 9.17) is 15.7 Å². The molecule has 3 aromatic rings. The van der Waals surface area contributed by atoms with Crippen LogP contribution in [0.5, 0.6) is 5.75 Å². The Morgan fingerprint density at radius 3 is 2.41 bits per heavy atom. The minimum absolute atomic E-state index is 0.0156. The second-order valence-electron chi connectivity index (χ2n) is 4.46. The van der Waals surface area contributed by atoms with E-state index in [-0.39, 0.29) is 16.9 Å². The van der Waals surface area contributed by atoms with Gasteiger partial charge < -0.3 is 10.5 Å². The fraction of sp³-hybridized carbons (Fsp3) is 0.0667. The van der Waals surface area contributed by atoms with Crippen LogP contribution in [-0.2, 0) is 0 Å². The zero-order chi connectivity index (χ0) is 15.7. The molecule has 3 rings (SSSR count). The molecule has 0 saturated heterocycles. The topological polar surface area (TPSA) is 114 Å². The Kier molecular flexibility index (Phi) is 3.09. The zero-order valence-electron chi connectivity index (χ0n) is 11.6. The molecule has 0 aliphatic heterocycles. The van der Waals surface area contributed by atoms with Crippen LogP contribution in [-0.4, -0.2) is 21.6 Å². The van der Waals surface area contributed by atoms with Crippen LogP contribution < -0.4 is 10.5 Å². The van der Waals surface area contributed by atoms with Gasteiger partial charge in [-0.1, -0.05) is 0 Å². The van der Waals surface area contributed by atoms with Crippen LogP contribution >= 0.6 is 0 Å². The Morgan fingerprint density at radius 2 is 1.82 bits per heavy atom. The molecule has 0 unspecified atom stereocenters. The maximum Gasteiger partial charge on any atom is 0.168 e. The lowest BCUT2D eigenvalue weighted by atomic mass is 10.1. The van der Waals surface area contributed by atoms with Crippen LogP contribution in [0.15, 0.2) is 30.6 Å². The summed E-state index contributed by atoms with van der Waals surface area (Å²) in [5.41, 5.74) is 7.54. The number of hydrogen-bond donors (Lipinski definition) is 1. The molecular weight excluding hydrogens is 280 g/mol. The molecule has 2 aromatic heterocycles. The summed E-state index contributed by atoms with van der Waals surface area (Å²) in [6.45, 7) is 0. The number of anilines is 1. The number of aromatic nitrogens is 3. The average molecular weight is 290 g/mol. The van der Waals surface area contributed by atoms with E-state index in [1.54, 1.807) is 30.1 Å². The summed E-state index contributed by atoms with van der Waals surface area (Å²) in [4.78, 5) is 8.41. The predicted octanol–water partition coefficient (Wildman–Crippen LogP) is 1.75. The molecule has 0 aliphatic rings. The lowest BCUT2D eigenvalue weighted by molar-refractivity contribution is 0.415. The zero-order valence-corrected chi connectivity index (χ0v) is 11.6. The van der Waals surface area contributed by atoms with Crippen LogP contribution in [0.4, 0.5) is 5.82 Å². The number of pyridine rings is 1. The van der Waals surface area contributed by atoms with Gasteiger partial charge in [-0.05, 0) is 24.3 Å². The third kappa shape index (κ3) is 1.89. The first kappa shape index (κ1) is 13.4. The molecule has 7 nitrogen and oxygen atoms in total. The Labute approximate surface area is 125 Å². The van der Waals surface area contributed by atoms with Crippen molar-refractivity contribution in [3.05, 3.63) is 41.7 Å². The molecule has 0 bridgehead atoms. The van der Waals surface area contributed by atoms with E-state index in [0.717, 1.165) is 11.4 Å². The Balaban J connectivity index is 2.27. The second-order valence-corrected chi connectivity index (χ2v) is 4.46. The van der Waals surface area contributed by atoms with Crippen LogP contribution in [0.3, 0.4) is 0 Å². The molecular formula is C15H10N6O. The van der Waals surface area contributed by atoms with Crippen molar-refractivity contribution in [2.24, 2.45) is 0 Å². The normalized spacial score (nSPS) is 10.1. The Bertz CT molecular complexity index is 943. The molecule has 2 heterocycles. The summed E-state index contributed by atoms with van der Waals surface area (Å²) < 4.78 is 6.82. The first-order chi connectivity index (χ1) is 10.7. The van der Waals surface area contributed by atoms with Gasteiger partial charge in [-0.2, -0.15) is 10.5 Å². The van der Waals surface area contributed by atoms with E-state index in [1.165, 1.54) is 0 Å². The van der Waals surface area contributed by atoms with Gasteiger partial charge in [-0.25, -0.2) is 9.97 Å². The molecule has 1 aromatic carbocycles. The molecule has 0 radical (unpaired) electrons. The summed E-state index contributed by atoms with van der Waals surface area (Å²) in [5, 5.41) is 18.4. The van der Waals surface area contributed by atoms with Crippen molar-refractivity contribution in [1.29, 1.82) is 10.5 Å². The van der Waals surface area contributed by atoms with Gasteiger partial charge in [0.05, 0.1) is 7.11 Å². The highest BCUT2D eigenvalue weighted by Crippen LogP contribution is 2.25. The monoisotopic (exact) mass is 290 g/mol. The van der Waals surface area contributed by atoms with Crippen LogP contribution in [0.1, 0.15) is 11.1 Å². The maximum atomic E-state index is 9.27. The van der Waals surface area contributed by atoms with E-state index in [2.05, 4.69) is 9.97 Å². The number of methoxy groups -OCH3 is 1. The van der Waals surface area contributed by atoms with Gasteiger partial charge in [0, 0.05) is 5.69 Å². The highest BCUT2D eigenvalue weighted by Gasteiger charge is 2.17. The third-order valence-corrected chi connectivity index (χ3v) is 3.29. The molecule has 0 amide bonds. The molecule has 7 heteroatoms. The average Bonchev–Trinajstić information content (AvgIpc) is 2.96. The molecule has 2 N–H and O–H groups in total. The summed E-state index contributed by atoms with van der Waals surface area (Å²) in [6, 6.07) is 11.2. The number of ether oxygens (including phenoxy) is 1. The molecule has 0 fully saturated rings. The first-order valence-electron chi connectivity index (χ1n) is 6.30. The second kappa shape index (κ2) is 5.08. The molecule has 0 aliphatic carbocycles. The van der Waals surface area contributed by atoms with Gasteiger partial charge in [0.2, 0.25) is 0 Å². The fourth-order valence-corrected chi connectivity index (χ4v) is 2.20. The fourth-order valence-electron chi connectivity index (χ4n) is 2.20. The van der Waals surface area contributed by atoms with E-state index in [1.807, 2.05) is 24.3 Å². The van der Waals surface area contributed by atoms with Crippen molar-refractivity contribution >= 4 is 17.0 Å². The summed E-state index contributed by atoms with van der Waals surface area (Å²) >= 11 is 0. The SMILES string of the molecule is COc1ccc(-n2cnc3c(C#N)c(C#N)c(N)nc32)cc1. The summed E-state index contributed by atoms with van der Waals surface area (Å²) in [5.74, 6) is 0.743. The van der Waals surface area contributed by atoms with Crippen molar-refractivity contribution < 1.29 is 4.74 Å². The minimum Gasteiger partial charge on any atom is -0.497 e. The number of nitrogens with zero attached hydrogens (tertiary/aromatic N) is 5. The van der Waals surface area contributed by atoms with Gasteiger partial charge in [-0.15, -0.1) is 0 Å². The van der Waals surface area contributed by atoms with Gasteiger partial charge in [0.1, 0.15) is 46.7 Å². The highest BCUT2D eigenvalue weighted by atomic mass is 16.5. The van der Waals surface area contributed by atoms with Gasteiger partial charge in [0.25, 0.3) is 0 Å². The number of nitriles is 2. The first-order valence-corrected chi connectivity index (χ1v) is 6.30. The van der Waals surface area contributed by atoms with Crippen molar-refractivity contribution in [3.63, 3.8) is 0 Å². The quantitative estimate of drug-likeness (QED) is 0.769. The van der Waals surface area contributed by atoms with Crippen molar-refractivity contribution in [2.45, 2.75) is 0 Å². The van der Waals surface area contributed by atoms with E-state index in [9.17, 15) is 5.26 Å². The summed E-state index contributed by atoms with van der Waals surface area (Å²) in [6.07, 6.45) is 1.54. The van der Waals surface area contributed by atoms with E-state index < -0.39 is 0 Å². The van der Waals surface area contributed by atoms with Gasteiger partial charge >= 0.3 is 0 Å². The lowest BCUT2D eigenvalue weighted by Crippen LogP contribution is -2.02. The van der Waals surface area contributed by atoms with Crippen LogP contribution in [0, 0.1) is 22.7 Å². The van der Waals surface area contributed by atoms with Crippen molar-refractivity contribution in [2.75, 3.05) is 12.8 Å². The molecule has 0 spiro atoms. The van der Waals surface area contributed by atoms with Crippen LogP contribution in [0.2, 0.25) is 0 Å². The molecule has 106 valence electrons. The van der Waals surface area contributed by atoms with E-state index in [0.29, 0.717) is 11.2 Å². The number of rotatable bonds is 2. The number of benzene rings is 1. The number of imidazole rings is 1. The third-order valence-electron chi connectivity index (χ3n) is 3.29. The van der Waals surface area contributed by atoms with Gasteiger partial charge in [0.15, 0.2) is 5.65 Å². The highest BCUT2D eigenvalue weighted by molar-refractivity contribution is 5.85. The van der Waals surface area contributed by atoms with Crippen molar-refractivity contribution in [3.8, 4) is 23.6 Å². The van der Waals surface area contributed by atoms with Crippen LogP contribution in [0.25, 0.3) is 16.9 Å². The maximum absolute atomic E-state index is 9.27. The standard InChI is InChI=1S/C15H10N6O/c1-22-10-4-2-9(3-5-10)21-8-19-13-11(6-16)12(7-17)14(18)20-15(13)21/h2-5,8H,1H3,(H2,18,20). The molecule has 0 atom stereocenters. The smallest absolute Gasteiger partial charge is 0.168 e. The lowest BCUT2D eigenvalue weighted by Gasteiger charge is -2.06. The van der Waals surface area contributed by atoms with E-state index >= 15 is 0 Å². The minimum atomic E-state index is 0.0156. The Morgan fingerprint density at radius 1 is 1.14 bits per heavy atom. The largest absolute Gasteiger partial charge is 0.497 e. The van der Waals surface area contributed by atoms with Gasteiger partial charge in [-0.3, -0.25) is 4.57 Å².